The van der Waals surface area contributed by atoms with Gasteiger partial charge >= 0.3 is 0 Å². The highest BCUT2D eigenvalue weighted by atomic mass is 16.6. The van der Waals surface area contributed by atoms with Crippen LogP contribution in [-0.4, -0.2) is 45.5 Å². The van der Waals surface area contributed by atoms with Crippen LogP contribution in [0.3, 0.4) is 0 Å². The number of aryl methyl sites for hydroxylation is 1. The zero-order valence-corrected chi connectivity index (χ0v) is 16.7. The van der Waals surface area contributed by atoms with E-state index in [4.69, 9.17) is 14.1 Å². The maximum absolute atomic E-state index is 13.0. The summed E-state index contributed by atoms with van der Waals surface area (Å²) in [6.45, 7) is 5.57. The summed E-state index contributed by atoms with van der Waals surface area (Å²) in [4.78, 5) is 28.0. The molecule has 0 spiro atoms. The maximum atomic E-state index is 13.0. The molecule has 1 aliphatic heterocycles. The van der Waals surface area contributed by atoms with Crippen molar-refractivity contribution in [3.63, 3.8) is 0 Å². The van der Waals surface area contributed by atoms with Crippen molar-refractivity contribution < 1.29 is 13.9 Å². The summed E-state index contributed by atoms with van der Waals surface area (Å²) >= 11 is 0. The third-order valence-electron chi connectivity index (χ3n) is 5.10. The summed E-state index contributed by atoms with van der Waals surface area (Å²) in [5.74, 6) is 1.43. The lowest BCUT2D eigenvalue weighted by Crippen LogP contribution is -2.39. The zero-order valence-electron chi connectivity index (χ0n) is 16.7. The van der Waals surface area contributed by atoms with Gasteiger partial charge in [-0.3, -0.25) is 9.78 Å². The molecule has 4 heterocycles. The number of amides is 1. The lowest BCUT2D eigenvalue weighted by atomic mass is 9.90. The predicted molar refractivity (Wildman–Crippen MR) is 108 cm³/mol. The Balaban J connectivity index is 1.58. The third kappa shape index (κ3) is 4.13. The Labute approximate surface area is 169 Å². The molecule has 3 aromatic heterocycles. The predicted octanol–water partition coefficient (Wildman–Crippen LogP) is 3.86. The summed E-state index contributed by atoms with van der Waals surface area (Å²) in [6, 6.07) is 7.28. The van der Waals surface area contributed by atoms with Crippen molar-refractivity contribution in [1.82, 2.24) is 19.9 Å². The van der Waals surface area contributed by atoms with Crippen LogP contribution in [0, 0.1) is 6.92 Å². The average Bonchev–Trinajstić information content (AvgIpc) is 3.23. The van der Waals surface area contributed by atoms with Gasteiger partial charge in [0.2, 0.25) is 0 Å². The lowest BCUT2D eigenvalue weighted by Gasteiger charge is -2.32. The van der Waals surface area contributed by atoms with Crippen LogP contribution in [0.4, 0.5) is 0 Å². The number of pyridine rings is 1. The van der Waals surface area contributed by atoms with Crippen LogP contribution >= 0.6 is 0 Å². The number of hydrogen-bond acceptors (Lipinski definition) is 6. The van der Waals surface area contributed by atoms with Crippen LogP contribution in [0.2, 0.25) is 0 Å². The first kappa shape index (κ1) is 19.1. The molecule has 0 aliphatic carbocycles. The van der Waals surface area contributed by atoms with E-state index in [2.05, 4.69) is 9.97 Å². The van der Waals surface area contributed by atoms with E-state index in [1.165, 1.54) is 0 Å². The minimum atomic E-state index is -0.114. The molecular formula is C22H24N4O3. The topological polar surface area (TPSA) is 81.4 Å². The fourth-order valence-electron chi connectivity index (χ4n) is 3.75. The van der Waals surface area contributed by atoms with Crippen molar-refractivity contribution >= 4 is 5.91 Å². The number of rotatable bonds is 5. The molecule has 29 heavy (non-hydrogen) atoms. The number of carbonyl (C=O) groups excluding carboxylic acids is 1. The Morgan fingerprint density at radius 2 is 2.10 bits per heavy atom. The van der Waals surface area contributed by atoms with Crippen molar-refractivity contribution in [2.45, 2.75) is 32.6 Å². The van der Waals surface area contributed by atoms with Gasteiger partial charge in [0.05, 0.1) is 12.3 Å². The quantitative estimate of drug-likeness (QED) is 0.656. The number of piperidine rings is 1. The molecule has 1 fully saturated rings. The van der Waals surface area contributed by atoms with E-state index in [0.29, 0.717) is 31.4 Å². The van der Waals surface area contributed by atoms with Gasteiger partial charge in [-0.1, -0.05) is 0 Å². The van der Waals surface area contributed by atoms with Gasteiger partial charge in [-0.2, -0.15) is 0 Å². The van der Waals surface area contributed by atoms with E-state index in [1.54, 1.807) is 24.5 Å². The molecule has 0 radical (unpaired) electrons. The molecule has 1 aliphatic rings. The molecular weight excluding hydrogens is 368 g/mol. The van der Waals surface area contributed by atoms with Crippen molar-refractivity contribution in [3.8, 4) is 17.1 Å². The largest absolute Gasteiger partial charge is 0.465 e. The van der Waals surface area contributed by atoms with Crippen molar-refractivity contribution in [2.75, 3.05) is 19.7 Å². The Morgan fingerprint density at radius 3 is 2.90 bits per heavy atom. The van der Waals surface area contributed by atoms with Crippen molar-refractivity contribution in [3.05, 3.63) is 60.1 Å². The highest BCUT2D eigenvalue weighted by Gasteiger charge is 2.29. The van der Waals surface area contributed by atoms with Crippen LogP contribution in [0.15, 0.2) is 47.3 Å². The maximum Gasteiger partial charge on any atom is 0.289 e. The highest BCUT2D eigenvalue weighted by Crippen LogP contribution is 2.33. The summed E-state index contributed by atoms with van der Waals surface area (Å²) in [5.41, 5.74) is 3.01. The molecule has 1 saturated heterocycles. The van der Waals surface area contributed by atoms with Crippen LogP contribution in [0.5, 0.6) is 5.95 Å². The molecule has 4 rings (SSSR count). The molecule has 7 heteroatoms. The molecule has 0 N–H and O–H groups in total. The van der Waals surface area contributed by atoms with Gasteiger partial charge in [0.1, 0.15) is 5.82 Å². The van der Waals surface area contributed by atoms with Crippen LogP contribution in [0.25, 0.3) is 11.1 Å². The van der Waals surface area contributed by atoms with Gasteiger partial charge in [-0.05, 0) is 50.5 Å². The summed E-state index contributed by atoms with van der Waals surface area (Å²) < 4.78 is 10.9. The summed E-state index contributed by atoms with van der Waals surface area (Å²) in [6.07, 6.45) is 7.29. The standard InChI is InChI=1S/C22H24N4O3/c1-3-28-20-7-6-19(29-20)22(27)26-12-4-5-17(14-26)21-18(13-24-15(2)25-21)16-8-10-23-11-9-16/h6-11,13,17H,3-5,12,14H2,1-2H3. The van der Waals surface area contributed by atoms with Gasteiger partial charge < -0.3 is 14.1 Å². The van der Waals surface area contributed by atoms with E-state index in [1.807, 2.05) is 37.1 Å². The van der Waals surface area contributed by atoms with Gasteiger partial charge in [-0.15, -0.1) is 0 Å². The number of ether oxygens (including phenoxy) is 1. The first-order valence-corrected chi connectivity index (χ1v) is 9.91. The summed E-state index contributed by atoms with van der Waals surface area (Å²) in [5, 5.41) is 0. The van der Waals surface area contributed by atoms with Gasteiger partial charge in [0, 0.05) is 49.2 Å². The van der Waals surface area contributed by atoms with Gasteiger partial charge in [0.25, 0.3) is 11.9 Å². The second-order valence-electron chi connectivity index (χ2n) is 7.09. The van der Waals surface area contributed by atoms with E-state index in [-0.39, 0.29) is 11.8 Å². The SMILES string of the molecule is CCOc1ccc(C(=O)N2CCCC(c3nc(C)ncc3-c3ccncc3)C2)o1. The fraction of sp³-hybridized carbons (Fsp3) is 0.364. The molecule has 7 nitrogen and oxygen atoms in total. The van der Waals surface area contributed by atoms with Gasteiger partial charge in [-0.25, -0.2) is 9.97 Å². The molecule has 1 atom stereocenters. The number of carbonyl (C=O) groups is 1. The molecule has 0 saturated carbocycles. The van der Waals surface area contributed by atoms with Crippen LogP contribution < -0.4 is 4.74 Å². The first-order valence-electron chi connectivity index (χ1n) is 9.91. The molecule has 3 aromatic rings. The zero-order chi connectivity index (χ0) is 20.2. The second-order valence-corrected chi connectivity index (χ2v) is 7.09. The normalized spacial score (nSPS) is 16.6. The minimum absolute atomic E-state index is 0.114. The Bertz CT molecular complexity index is 987. The Morgan fingerprint density at radius 1 is 1.28 bits per heavy atom. The molecule has 1 unspecified atom stereocenters. The number of nitrogens with zero attached hydrogens (tertiary/aromatic N) is 4. The third-order valence-corrected chi connectivity index (χ3v) is 5.10. The lowest BCUT2D eigenvalue weighted by molar-refractivity contribution is 0.0666. The van der Waals surface area contributed by atoms with Crippen LogP contribution in [-0.2, 0) is 0 Å². The number of aromatic nitrogens is 3. The number of likely N-dealkylation sites (tertiary alicyclic amines) is 1. The number of furan rings is 1. The van der Waals surface area contributed by atoms with E-state index < -0.39 is 0 Å². The highest BCUT2D eigenvalue weighted by molar-refractivity contribution is 5.91. The first-order chi connectivity index (χ1) is 14.2. The van der Waals surface area contributed by atoms with E-state index >= 15 is 0 Å². The van der Waals surface area contributed by atoms with Gasteiger partial charge in [0.15, 0.2) is 5.76 Å². The molecule has 0 bridgehead atoms. The Hall–Kier alpha value is -3.22. The van der Waals surface area contributed by atoms with Crippen LogP contribution in [0.1, 0.15) is 47.8 Å². The van der Waals surface area contributed by atoms with E-state index in [9.17, 15) is 4.79 Å². The fourth-order valence-corrected chi connectivity index (χ4v) is 3.75. The second kappa shape index (κ2) is 8.43. The summed E-state index contributed by atoms with van der Waals surface area (Å²) in [7, 11) is 0. The monoisotopic (exact) mass is 392 g/mol. The van der Waals surface area contributed by atoms with Crippen molar-refractivity contribution in [1.29, 1.82) is 0 Å². The Kier molecular flexibility index (Phi) is 5.55. The molecule has 1 amide bonds. The number of hydrogen-bond donors (Lipinski definition) is 0. The minimum Gasteiger partial charge on any atom is -0.465 e. The molecule has 0 aromatic carbocycles. The van der Waals surface area contributed by atoms with E-state index in [0.717, 1.165) is 35.5 Å². The average molecular weight is 392 g/mol. The smallest absolute Gasteiger partial charge is 0.289 e. The molecule has 150 valence electrons. The van der Waals surface area contributed by atoms with Crippen molar-refractivity contribution in [2.24, 2.45) is 0 Å².